The summed E-state index contributed by atoms with van der Waals surface area (Å²) in [5.74, 6) is -49.8. The van der Waals surface area contributed by atoms with Crippen LogP contribution in [0.2, 0.25) is 0 Å². The first kappa shape index (κ1) is 60.4. The Hall–Kier alpha value is -2.65. The molecule has 0 aromatic rings. The molecule has 7 fully saturated rings. The normalized spacial score (nSPS) is 42.1. The number of alkyl halides is 14. The van der Waals surface area contributed by atoms with Crippen LogP contribution in [0.5, 0.6) is 0 Å². The van der Waals surface area contributed by atoms with Gasteiger partial charge in [0.1, 0.15) is 6.10 Å². The lowest BCUT2D eigenvalue weighted by Crippen LogP contribution is -3.10. The largest absolute Gasteiger partial charge is 0.481 e. The van der Waals surface area contributed by atoms with Gasteiger partial charge in [0.2, 0.25) is 0 Å². The van der Waals surface area contributed by atoms with Crippen molar-refractivity contribution in [2.24, 2.45) is 40.9 Å². The summed E-state index contributed by atoms with van der Waals surface area (Å²) in [4.78, 5) is 35.2. The van der Waals surface area contributed by atoms with Gasteiger partial charge in [-0.25, -0.2) is 8.78 Å². The number of fused-ring (bicyclic) bond motifs is 3. The van der Waals surface area contributed by atoms with Crippen LogP contribution >= 0.6 is 0 Å². The summed E-state index contributed by atoms with van der Waals surface area (Å²) < 4.78 is 213. The van der Waals surface area contributed by atoms with E-state index >= 15 is 0 Å². The topological polar surface area (TPSA) is 130 Å². The first-order valence-corrected chi connectivity index (χ1v) is 20.2. The summed E-state index contributed by atoms with van der Waals surface area (Å²) in [7, 11) is 0. The quantitative estimate of drug-likeness (QED) is 0.154. The van der Waals surface area contributed by atoms with E-state index in [2.05, 4.69) is 11.7 Å². The number of halogens is 14. The Morgan fingerprint density at radius 3 is 1.55 bits per heavy atom. The zero-order chi connectivity index (χ0) is 47.0. The van der Waals surface area contributed by atoms with Crippen LogP contribution in [0.4, 0.5) is 61.5 Å². The molecule has 0 aromatic heterocycles. The molecule has 0 spiro atoms. The number of aliphatic carboxylic acids is 1. The second kappa shape index (κ2) is 17.7. The molecule has 7 aliphatic carbocycles. The number of esters is 2. The summed E-state index contributed by atoms with van der Waals surface area (Å²) in [5.41, 5.74) is -30.1. The number of hydrogen-bond donors (Lipinski definition) is 3. The summed E-state index contributed by atoms with van der Waals surface area (Å²) in [5, 5.41) is 29.7. The van der Waals surface area contributed by atoms with Gasteiger partial charge in [0.05, 0.1) is 17.4 Å². The van der Waals surface area contributed by atoms with Crippen LogP contribution in [-0.2, 0) is 23.9 Å². The Bertz CT molecular complexity index is 1660. The third-order valence-corrected chi connectivity index (χ3v) is 15.5. The van der Waals surface area contributed by atoms with E-state index in [0.717, 1.165) is 58.3 Å². The lowest BCUT2D eigenvalue weighted by Gasteiger charge is -2.74. The molecule has 3 N–H and O–H groups in total. The highest BCUT2D eigenvalue weighted by atomic mass is 19.3. The van der Waals surface area contributed by atoms with Gasteiger partial charge in [-0.05, 0) is 100 Å². The van der Waals surface area contributed by atoms with Gasteiger partial charge in [-0.15, -0.1) is 0 Å². The van der Waals surface area contributed by atoms with E-state index in [1.807, 2.05) is 20.8 Å². The van der Waals surface area contributed by atoms with Crippen LogP contribution in [-0.4, -0.2) is 103 Å². The van der Waals surface area contributed by atoms with Crippen molar-refractivity contribution in [3.05, 3.63) is 0 Å². The van der Waals surface area contributed by atoms with E-state index in [1.165, 1.54) is 0 Å². The third kappa shape index (κ3) is 6.79. The Balaban J connectivity index is -0.00000113. The molecule has 11 atom stereocenters. The van der Waals surface area contributed by atoms with Gasteiger partial charge in [-0.1, -0.05) is 64.3 Å². The van der Waals surface area contributed by atoms with Crippen LogP contribution in [0.25, 0.3) is 0 Å². The summed E-state index contributed by atoms with van der Waals surface area (Å²) >= 11 is 0. The number of carboxylic acids is 1. The minimum absolute atomic E-state index is 0. The van der Waals surface area contributed by atoms with Gasteiger partial charge in [0, 0.05) is 10.7 Å². The van der Waals surface area contributed by atoms with Crippen LogP contribution in [0.15, 0.2) is 0 Å². The van der Waals surface area contributed by atoms with E-state index in [-0.39, 0.29) is 69.7 Å². The van der Waals surface area contributed by atoms with Crippen LogP contribution in [0.3, 0.4) is 0 Å². The molecule has 7 saturated carbocycles. The number of carboxylic acid groups (broad SMARTS) is 1. The molecular formula is C43H72F14O8. The van der Waals surface area contributed by atoms with E-state index < -0.39 is 88.0 Å². The fourth-order valence-electron chi connectivity index (χ4n) is 11.3. The number of carbonyl (C=O) groups excluding carboxylic acids is 2. The highest BCUT2D eigenvalue weighted by Crippen LogP contribution is 2.88. The monoisotopic (exact) mass is 983 g/mol. The van der Waals surface area contributed by atoms with Crippen molar-refractivity contribution in [2.75, 3.05) is 0 Å². The van der Waals surface area contributed by atoms with Gasteiger partial charge in [0.25, 0.3) is 5.60 Å². The Labute approximate surface area is 375 Å². The predicted octanol–water partition coefficient (Wildman–Crippen LogP) is 12.4. The molecule has 9 unspecified atom stereocenters. The SMILES string of the molecule is C.C.C.C.CCC(C)C(=O)OC12C(F)(F)C3(O)C(F)(F)C(F)(C(F)(F)C(F)(C3(F)F)C1(F)F)C2(F)F.CCC(C)C(=O)OC1CC[C@@]2(C)C(CCC3C2CC[C@](C)(O)C3CCC(=O)O)C1.[HH].[HH].[HH]. The second-order valence-electron chi connectivity index (χ2n) is 18.5. The molecule has 22 heteroatoms. The van der Waals surface area contributed by atoms with Crippen molar-refractivity contribution >= 4 is 17.9 Å². The molecule has 0 aromatic carbocycles. The van der Waals surface area contributed by atoms with E-state index in [4.69, 9.17) is 4.74 Å². The molecule has 0 heterocycles. The van der Waals surface area contributed by atoms with Crippen LogP contribution in [0.1, 0.15) is 146 Å². The van der Waals surface area contributed by atoms with Crippen molar-refractivity contribution in [1.29, 1.82) is 0 Å². The highest BCUT2D eigenvalue weighted by Gasteiger charge is 3.23. The molecule has 390 valence electrons. The number of rotatable bonds is 9. The highest BCUT2D eigenvalue weighted by molar-refractivity contribution is 5.74. The molecule has 7 aliphatic rings. The fourth-order valence-corrected chi connectivity index (χ4v) is 11.3. The van der Waals surface area contributed by atoms with Gasteiger partial charge in [-0.2, -0.15) is 52.7 Å². The Morgan fingerprint density at radius 2 is 1.11 bits per heavy atom. The van der Waals surface area contributed by atoms with Crippen molar-refractivity contribution in [3.8, 4) is 0 Å². The third-order valence-electron chi connectivity index (χ3n) is 15.5. The molecule has 7 rings (SSSR count). The number of hydrogen-bond acceptors (Lipinski definition) is 7. The number of carbonyl (C=O) groups is 3. The first-order chi connectivity index (χ1) is 27.4. The van der Waals surface area contributed by atoms with Gasteiger partial charge < -0.3 is 24.8 Å². The maximum atomic E-state index is 14.9. The molecule has 0 saturated heterocycles. The smallest absolute Gasteiger partial charge is 0.344 e. The first-order valence-electron chi connectivity index (χ1n) is 20.2. The standard InChI is InChI=1S/C24H40O5.C15H10F14O3.4CH4.3H2/c1-5-15(2)22(27)29-17-10-12-23(3)16(14-17)6-7-18-19(23)11-13-24(4,28)20(18)8-9-21(25)26;1-3-4(2)5(30)32-9-13(24,25)6(16)10(18,19)7(17,14(9,26)27)12(22,23)8(31,11(6,20)21)15(9,28)29;;;;;;;/h15-20,28H,5-14H2,1-4H3,(H,25,26);4,31H,3H2,1-2H3;4*1H4;3*1H/t15?,16?,17?,18?,19?,20?,23-,24-;;;;;;;;/m0......../s1. The maximum absolute atomic E-state index is 14.9. The zero-order valence-electron chi connectivity index (χ0n) is 34.0. The van der Waals surface area contributed by atoms with Crippen molar-refractivity contribution in [1.82, 2.24) is 0 Å². The molecule has 0 aliphatic heterocycles. The summed E-state index contributed by atoms with van der Waals surface area (Å²) in [6.07, 6.45) is 7.81. The van der Waals surface area contributed by atoms with Crippen molar-refractivity contribution < 1.29 is 105 Å². The second-order valence-corrected chi connectivity index (χ2v) is 18.5. The fraction of sp³-hybridized carbons (Fsp3) is 0.930. The maximum Gasteiger partial charge on any atom is 0.344 e. The summed E-state index contributed by atoms with van der Waals surface area (Å²) in [6, 6.07) is 0. The summed E-state index contributed by atoms with van der Waals surface area (Å²) in [6.45, 7) is 9.85. The van der Waals surface area contributed by atoms with Crippen LogP contribution in [0, 0.1) is 40.9 Å². The molecular weight excluding hydrogens is 910 g/mol. The Kier molecular flexibility index (Phi) is 16.4. The number of aliphatic hydroxyl groups is 2. The predicted molar refractivity (Wildman–Crippen MR) is 215 cm³/mol. The van der Waals surface area contributed by atoms with Gasteiger partial charge in [0.15, 0.2) is 0 Å². The van der Waals surface area contributed by atoms with Crippen molar-refractivity contribution in [3.63, 3.8) is 0 Å². The Morgan fingerprint density at radius 1 is 0.646 bits per heavy atom. The average Bonchev–Trinajstić information content (AvgIpc) is 3.15. The van der Waals surface area contributed by atoms with E-state index in [0.29, 0.717) is 31.1 Å². The van der Waals surface area contributed by atoms with Gasteiger partial charge >= 0.3 is 70.4 Å². The molecule has 0 radical (unpaired) electrons. The molecule has 0 amide bonds. The molecule has 4 bridgehead atoms. The van der Waals surface area contributed by atoms with Gasteiger partial charge in [-0.3, -0.25) is 14.4 Å². The minimum Gasteiger partial charge on any atom is -0.481 e. The lowest BCUT2D eigenvalue weighted by molar-refractivity contribution is -0.623. The van der Waals surface area contributed by atoms with E-state index in [1.54, 1.807) is 0 Å². The van der Waals surface area contributed by atoms with E-state index in [9.17, 15) is 91.2 Å². The number of ether oxygens (including phenoxy) is 2. The average molecular weight is 983 g/mol. The lowest BCUT2D eigenvalue weighted by atomic mass is 9.39. The zero-order valence-corrected chi connectivity index (χ0v) is 34.0. The minimum atomic E-state index is -7.81. The van der Waals surface area contributed by atoms with Crippen molar-refractivity contribution in [2.45, 2.75) is 212 Å². The molecule has 8 nitrogen and oxygen atoms in total. The molecule has 65 heavy (non-hydrogen) atoms. The van der Waals surface area contributed by atoms with Crippen LogP contribution < -0.4 is 0 Å².